The van der Waals surface area contributed by atoms with Crippen molar-refractivity contribution in [3.63, 3.8) is 0 Å². The van der Waals surface area contributed by atoms with Gasteiger partial charge in [-0.05, 0) is 38.0 Å². The third kappa shape index (κ3) is 7.55. The van der Waals surface area contributed by atoms with E-state index < -0.39 is 7.05 Å². The Balaban J connectivity index is 0.000000779. The third-order valence-corrected chi connectivity index (χ3v) is 14.2. The van der Waals surface area contributed by atoms with Gasteiger partial charge in [0.05, 0.1) is 0 Å². The molecule has 182 valence electrons. The molecule has 33 heavy (non-hydrogen) atoms. The molecule has 0 N–H and O–H groups in total. The van der Waals surface area contributed by atoms with E-state index in [1.54, 1.807) is 6.08 Å². The van der Waals surface area contributed by atoms with Gasteiger partial charge >= 0.3 is 0 Å². The zero-order valence-electron chi connectivity index (χ0n) is 22.8. The summed E-state index contributed by atoms with van der Waals surface area (Å²) in [6.45, 7) is 25.5. The van der Waals surface area contributed by atoms with E-state index in [9.17, 15) is 0 Å². The number of rotatable bonds is 9. The van der Waals surface area contributed by atoms with Crippen LogP contribution in [0.2, 0.25) is 0 Å². The summed E-state index contributed by atoms with van der Waals surface area (Å²) < 4.78 is 5.64. The zero-order valence-corrected chi connectivity index (χ0v) is 25.2. The zero-order chi connectivity index (χ0) is 24.5. The van der Waals surface area contributed by atoms with Crippen LogP contribution in [-0.4, -0.2) is 15.5 Å². The van der Waals surface area contributed by atoms with Gasteiger partial charge in [0.1, 0.15) is 0 Å². The maximum Gasteiger partial charge on any atom is 0.0425 e. The number of benzene rings is 1. The van der Waals surface area contributed by atoms with Gasteiger partial charge in [-0.3, -0.25) is 4.74 Å². The number of hydrogen-bond acceptors (Lipinski definition) is 1. The molecule has 1 aromatic rings. The van der Waals surface area contributed by atoms with Crippen molar-refractivity contribution >= 4 is 13.1 Å². The summed E-state index contributed by atoms with van der Waals surface area (Å²) in [6.07, 6.45) is 17.0. The quantitative estimate of drug-likeness (QED) is 0.181. The van der Waals surface area contributed by atoms with E-state index in [1.807, 2.05) is 30.4 Å². The van der Waals surface area contributed by atoms with Crippen LogP contribution in [0, 0.1) is 0 Å². The Labute approximate surface area is 220 Å². The Morgan fingerprint density at radius 2 is 1.36 bits per heavy atom. The second kappa shape index (κ2) is 13.9. The first-order valence-corrected chi connectivity index (χ1v) is 14.0. The van der Waals surface area contributed by atoms with E-state index in [4.69, 9.17) is 4.74 Å². The van der Waals surface area contributed by atoms with Gasteiger partial charge in [0, 0.05) is 49.3 Å². The topological polar surface area (TPSA) is 12.4 Å². The molecule has 1 aromatic carbocycles. The Hall–Kier alpha value is -0.876. The summed E-state index contributed by atoms with van der Waals surface area (Å²) in [5, 5.41) is 0.778. The molecule has 0 spiro atoms. The standard InChI is InChI=1S/C20H38NP.C10H10.Ti/c1-10-18(4,5)22(19(6,7)11-2,20(8,9)12-3)21-17-15-13-14-16-17;1-2-3-7-10-8-5-4-6-9-10;/h13-15H,10-12,16H2,1-9H3;2-9H,1H2;. The van der Waals surface area contributed by atoms with E-state index in [-0.39, 0.29) is 37.2 Å². The molecule has 1 aliphatic rings. The van der Waals surface area contributed by atoms with Crippen LogP contribution in [0.1, 0.15) is 93.6 Å². The van der Waals surface area contributed by atoms with Crippen LogP contribution in [0.15, 0.2) is 77.7 Å². The van der Waals surface area contributed by atoms with E-state index in [0.29, 0.717) is 0 Å². The van der Waals surface area contributed by atoms with Crippen LogP contribution in [-0.2, 0) is 21.7 Å². The molecule has 1 aliphatic carbocycles. The molecule has 0 fully saturated rings. The smallest absolute Gasteiger partial charge is 0.0425 e. The average molecular weight is 502 g/mol. The van der Waals surface area contributed by atoms with Crippen LogP contribution < -0.4 is 0 Å². The molecule has 0 aromatic heterocycles. The Morgan fingerprint density at radius 1 is 0.879 bits per heavy atom. The molecular weight excluding hydrogens is 453 g/mol. The molecule has 0 aliphatic heterocycles. The normalized spacial score (nSPS) is 14.3. The minimum Gasteiger partial charge on any atom is -0.270 e. The van der Waals surface area contributed by atoms with Crippen molar-refractivity contribution in [2.24, 2.45) is 4.74 Å². The maximum absolute atomic E-state index is 5.64. The fraction of sp³-hybridized carbons (Fsp3) is 0.533. The van der Waals surface area contributed by atoms with Crippen molar-refractivity contribution < 1.29 is 21.7 Å². The second-order valence-corrected chi connectivity index (χ2v) is 15.6. The summed E-state index contributed by atoms with van der Waals surface area (Å²) in [7, 11) is -1.64. The molecule has 3 heteroatoms. The summed E-state index contributed by atoms with van der Waals surface area (Å²) in [6, 6.07) is 10.1. The molecular formula is C30H48NPTi. The van der Waals surface area contributed by atoms with Gasteiger partial charge in [-0.15, -0.1) is 0 Å². The molecule has 0 bridgehead atoms. The molecule has 0 unspecified atom stereocenters. The van der Waals surface area contributed by atoms with Crippen LogP contribution >= 0.6 is 7.05 Å². The maximum atomic E-state index is 5.64. The van der Waals surface area contributed by atoms with Gasteiger partial charge in [-0.25, -0.2) is 0 Å². The molecule has 0 radical (unpaired) electrons. The van der Waals surface area contributed by atoms with Gasteiger partial charge in [0.15, 0.2) is 0 Å². The summed E-state index contributed by atoms with van der Waals surface area (Å²) in [4.78, 5) is 0. The van der Waals surface area contributed by atoms with Gasteiger partial charge in [-0.1, -0.05) is 130 Å². The largest absolute Gasteiger partial charge is 0.270 e. The first-order chi connectivity index (χ1) is 14.9. The Kier molecular flexibility index (Phi) is 13.5. The molecule has 0 amide bonds. The van der Waals surface area contributed by atoms with Gasteiger partial charge in [0.25, 0.3) is 0 Å². The van der Waals surface area contributed by atoms with Crippen molar-refractivity contribution in [1.82, 2.24) is 0 Å². The van der Waals surface area contributed by atoms with E-state index in [0.717, 1.165) is 6.42 Å². The first-order valence-electron chi connectivity index (χ1n) is 12.3. The molecule has 0 heterocycles. The van der Waals surface area contributed by atoms with Crippen molar-refractivity contribution in [1.29, 1.82) is 0 Å². The van der Waals surface area contributed by atoms with Crippen molar-refractivity contribution in [2.45, 2.75) is 103 Å². The van der Waals surface area contributed by atoms with Crippen LogP contribution in [0.25, 0.3) is 6.08 Å². The van der Waals surface area contributed by atoms with E-state index in [1.165, 1.54) is 30.5 Å². The minimum absolute atomic E-state index is 0. The predicted molar refractivity (Wildman–Crippen MR) is 150 cm³/mol. The third-order valence-electron chi connectivity index (χ3n) is 7.48. The monoisotopic (exact) mass is 501 g/mol. The van der Waals surface area contributed by atoms with Crippen molar-refractivity contribution in [3.05, 3.63) is 78.6 Å². The van der Waals surface area contributed by atoms with Crippen LogP contribution in [0.5, 0.6) is 0 Å². The van der Waals surface area contributed by atoms with E-state index >= 15 is 0 Å². The second-order valence-electron chi connectivity index (χ2n) is 10.5. The number of nitrogens with zero attached hydrogens (tertiary/aromatic N) is 1. The predicted octanol–water partition coefficient (Wildman–Crippen LogP) is 10.5. The Morgan fingerprint density at radius 3 is 1.73 bits per heavy atom. The minimum atomic E-state index is -1.64. The number of allylic oxidation sites excluding steroid dienone is 5. The summed E-state index contributed by atoms with van der Waals surface area (Å²) >= 11 is 0. The molecule has 0 saturated heterocycles. The molecule has 1 nitrogen and oxygen atoms in total. The fourth-order valence-corrected chi connectivity index (χ4v) is 12.6. The summed E-state index contributed by atoms with van der Waals surface area (Å²) in [5.41, 5.74) is 2.51. The number of hydrogen-bond donors (Lipinski definition) is 0. The van der Waals surface area contributed by atoms with Crippen molar-refractivity contribution in [2.75, 3.05) is 0 Å². The van der Waals surface area contributed by atoms with E-state index in [2.05, 4.69) is 99.3 Å². The van der Waals surface area contributed by atoms with Crippen LogP contribution in [0.4, 0.5) is 0 Å². The first kappa shape index (κ1) is 32.1. The van der Waals surface area contributed by atoms with Gasteiger partial charge in [-0.2, -0.15) is 0 Å². The molecule has 0 atom stereocenters. The fourth-order valence-electron chi connectivity index (χ4n) is 5.00. The summed E-state index contributed by atoms with van der Waals surface area (Å²) in [5.74, 6) is 0. The van der Waals surface area contributed by atoms with Crippen LogP contribution in [0.3, 0.4) is 0 Å². The SMILES string of the molecule is C=CC=Cc1ccccc1.CCC(C)(C)P(=NC1=CC=CC1)(C(C)(C)CC)C(C)(C)CC.[Ti]. The molecule has 0 saturated carbocycles. The Bertz CT molecular complexity index is 822. The van der Waals surface area contributed by atoms with Gasteiger partial charge < -0.3 is 0 Å². The average Bonchev–Trinajstić information content (AvgIpc) is 3.30. The van der Waals surface area contributed by atoms with Crippen molar-refractivity contribution in [3.8, 4) is 0 Å². The molecule has 2 rings (SSSR count). The van der Waals surface area contributed by atoms with Gasteiger partial charge in [0.2, 0.25) is 0 Å².